The second-order valence-electron chi connectivity index (χ2n) is 6.08. The number of carbonyl (C=O) groups is 3. The van der Waals surface area contributed by atoms with Crippen molar-refractivity contribution in [1.82, 2.24) is 0 Å². The van der Waals surface area contributed by atoms with Gasteiger partial charge < -0.3 is 14.2 Å². The minimum absolute atomic E-state index is 0.178. The van der Waals surface area contributed by atoms with Gasteiger partial charge >= 0.3 is 11.9 Å². The van der Waals surface area contributed by atoms with E-state index in [-0.39, 0.29) is 5.57 Å². The Balaban J connectivity index is 2.31. The Kier molecular flexibility index (Phi) is 5.97. The topological polar surface area (TPSA) is 78.9 Å². The molecular weight excluding hydrogens is 336 g/mol. The molecule has 0 spiro atoms. The zero-order valence-electron chi connectivity index (χ0n) is 15.3. The maximum Gasteiger partial charge on any atom is 0.333 e. The van der Waals surface area contributed by atoms with Crippen LogP contribution in [-0.2, 0) is 23.9 Å². The Labute approximate surface area is 152 Å². The molecule has 1 heterocycles. The Morgan fingerprint density at radius 1 is 1.31 bits per heavy atom. The minimum atomic E-state index is -0.777. The molecule has 1 aromatic carbocycles. The molecule has 2 rings (SSSR count). The van der Waals surface area contributed by atoms with Gasteiger partial charge in [0.15, 0.2) is 12.2 Å². The summed E-state index contributed by atoms with van der Waals surface area (Å²) in [7, 11) is 0. The number of esters is 2. The maximum absolute atomic E-state index is 11.9. The molecule has 0 aromatic heterocycles. The first-order valence-corrected chi connectivity index (χ1v) is 8.24. The van der Waals surface area contributed by atoms with Gasteiger partial charge in [-0.2, -0.15) is 0 Å². The van der Waals surface area contributed by atoms with E-state index in [9.17, 15) is 14.4 Å². The van der Waals surface area contributed by atoms with E-state index in [1.807, 2.05) is 0 Å². The molecule has 138 valence electrons. The summed E-state index contributed by atoms with van der Waals surface area (Å²) in [4.78, 5) is 34.5. The average Bonchev–Trinajstić information content (AvgIpc) is 2.97. The third-order valence-electron chi connectivity index (χ3n) is 4.19. The fourth-order valence-electron chi connectivity index (χ4n) is 2.59. The summed E-state index contributed by atoms with van der Waals surface area (Å²) >= 11 is 0. The number of rotatable bonds is 6. The quantitative estimate of drug-likeness (QED) is 0.441. The van der Waals surface area contributed by atoms with Crippen molar-refractivity contribution in [3.05, 3.63) is 53.1 Å². The molecule has 3 atom stereocenters. The lowest BCUT2D eigenvalue weighted by molar-refractivity contribution is -0.149. The highest BCUT2D eigenvalue weighted by Crippen LogP contribution is 2.42. The molecule has 0 saturated carbocycles. The zero-order chi connectivity index (χ0) is 19.4. The van der Waals surface area contributed by atoms with E-state index >= 15 is 0 Å². The number of aldehydes is 1. The predicted octanol–water partition coefficient (Wildman–Crippen LogP) is 3.38. The molecule has 1 aromatic rings. The van der Waals surface area contributed by atoms with Crippen LogP contribution in [0.25, 0.3) is 0 Å². The van der Waals surface area contributed by atoms with E-state index < -0.39 is 30.3 Å². The smallest absolute Gasteiger partial charge is 0.333 e. The molecule has 1 aliphatic heterocycles. The van der Waals surface area contributed by atoms with Gasteiger partial charge in [0.1, 0.15) is 18.1 Å². The fourth-order valence-corrected chi connectivity index (χ4v) is 2.59. The summed E-state index contributed by atoms with van der Waals surface area (Å²) in [6.07, 6.45) is 0.204. The van der Waals surface area contributed by atoms with Crippen molar-refractivity contribution in [2.75, 3.05) is 0 Å². The maximum atomic E-state index is 11.9. The van der Waals surface area contributed by atoms with E-state index in [0.717, 1.165) is 5.56 Å². The number of ether oxygens (including phenoxy) is 3. The third kappa shape index (κ3) is 4.02. The van der Waals surface area contributed by atoms with Gasteiger partial charge in [-0.1, -0.05) is 18.7 Å². The van der Waals surface area contributed by atoms with Crippen molar-refractivity contribution < 1.29 is 28.6 Å². The third-order valence-corrected chi connectivity index (χ3v) is 4.19. The zero-order valence-corrected chi connectivity index (χ0v) is 15.3. The molecule has 0 radical (unpaired) electrons. The summed E-state index contributed by atoms with van der Waals surface area (Å²) < 4.78 is 16.5. The number of hydrogen-bond donors (Lipinski definition) is 0. The van der Waals surface area contributed by atoms with Crippen molar-refractivity contribution in [2.45, 2.75) is 46.0 Å². The molecule has 0 fully saturated rings. The van der Waals surface area contributed by atoms with Crippen LogP contribution in [-0.4, -0.2) is 24.3 Å². The number of hydrogen-bond acceptors (Lipinski definition) is 6. The average molecular weight is 358 g/mol. The van der Waals surface area contributed by atoms with Crippen LogP contribution in [0.4, 0.5) is 0 Å². The van der Waals surface area contributed by atoms with Gasteiger partial charge in [-0.3, -0.25) is 9.59 Å². The number of allylic oxidation sites excluding steroid dienone is 1. The normalized spacial score (nSPS) is 19.8. The summed E-state index contributed by atoms with van der Waals surface area (Å²) in [6.45, 7) is 10.1. The van der Waals surface area contributed by atoms with Gasteiger partial charge in [-0.25, -0.2) is 4.79 Å². The lowest BCUT2D eigenvalue weighted by Crippen LogP contribution is -2.25. The van der Waals surface area contributed by atoms with E-state index in [1.165, 1.54) is 6.92 Å². The second kappa shape index (κ2) is 7.99. The lowest BCUT2D eigenvalue weighted by Gasteiger charge is -2.18. The monoisotopic (exact) mass is 358 g/mol. The molecular formula is C20H22O6. The Hall–Kier alpha value is -2.89. The van der Waals surface area contributed by atoms with Crippen LogP contribution >= 0.6 is 0 Å². The second-order valence-corrected chi connectivity index (χ2v) is 6.08. The van der Waals surface area contributed by atoms with Crippen molar-refractivity contribution >= 4 is 18.2 Å². The Bertz CT molecular complexity index is 777. The highest BCUT2D eigenvalue weighted by atomic mass is 16.6. The first-order valence-electron chi connectivity index (χ1n) is 8.24. The molecule has 6 nitrogen and oxygen atoms in total. The number of fused-ring (bicyclic) bond motifs is 1. The van der Waals surface area contributed by atoms with Crippen molar-refractivity contribution in [2.24, 2.45) is 0 Å². The van der Waals surface area contributed by atoms with Gasteiger partial charge in [-0.05, 0) is 38.5 Å². The van der Waals surface area contributed by atoms with Crippen LogP contribution in [0.3, 0.4) is 0 Å². The number of carbonyl (C=O) groups excluding carboxylic acids is 3. The largest absolute Gasteiger partial charge is 0.481 e. The van der Waals surface area contributed by atoms with Crippen LogP contribution in [0, 0.1) is 0 Å². The Morgan fingerprint density at radius 2 is 2.00 bits per heavy atom. The van der Waals surface area contributed by atoms with Crippen LogP contribution in [0.5, 0.6) is 5.75 Å². The minimum Gasteiger partial charge on any atom is -0.481 e. The first kappa shape index (κ1) is 19.4. The summed E-state index contributed by atoms with van der Waals surface area (Å²) in [5, 5.41) is 0. The molecule has 1 aliphatic rings. The van der Waals surface area contributed by atoms with Crippen molar-refractivity contribution in [3.8, 4) is 5.75 Å². The van der Waals surface area contributed by atoms with Crippen LogP contribution < -0.4 is 4.74 Å². The van der Waals surface area contributed by atoms with Crippen molar-refractivity contribution in [1.29, 1.82) is 0 Å². The molecule has 0 saturated heterocycles. The summed E-state index contributed by atoms with van der Waals surface area (Å²) in [5.74, 6) is -0.402. The molecule has 0 aliphatic carbocycles. The van der Waals surface area contributed by atoms with Gasteiger partial charge in [0, 0.05) is 23.6 Å². The molecule has 0 unspecified atom stereocenters. The van der Waals surface area contributed by atoms with Gasteiger partial charge in [0.25, 0.3) is 0 Å². The molecule has 6 heteroatoms. The van der Waals surface area contributed by atoms with Crippen LogP contribution in [0.1, 0.15) is 51.0 Å². The highest BCUT2D eigenvalue weighted by Gasteiger charge is 2.39. The van der Waals surface area contributed by atoms with Gasteiger partial charge in [0.2, 0.25) is 0 Å². The fraction of sp³-hybridized carbons (Fsp3) is 0.350. The Morgan fingerprint density at radius 3 is 2.58 bits per heavy atom. The van der Waals surface area contributed by atoms with Gasteiger partial charge in [0.05, 0.1) is 0 Å². The first-order chi connectivity index (χ1) is 12.3. The standard InChI is InChI=1S/C20H22O6/c1-6-11(2)20(23)24-13(4)15-7-8-17-16(9-15)19(25-14(5)22)18(26-17)12(3)10-21/h6-10,13,18-19H,3H2,1-2,4-5H3/t13-,18+,19-/m1/s1. The number of benzene rings is 1. The van der Waals surface area contributed by atoms with Crippen LogP contribution in [0.2, 0.25) is 0 Å². The highest BCUT2D eigenvalue weighted by molar-refractivity contribution is 5.87. The van der Waals surface area contributed by atoms with E-state index in [0.29, 0.717) is 23.2 Å². The van der Waals surface area contributed by atoms with Gasteiger partial charge in [-0.15, -0.1) is 0 Å². The molecule has 0 amide bonds. The summed E-state index contributed by atoms with van der Waals surface area (Å²) in [5.41, 5.74) is 2.02. The van der Waals surface area contributed by atoms with E-state index in [2.05, 4.69) is 6.58 Å². The predicted molar refractivity (Wildman–Crippen MR) is 94.5 cm³/mol. The van der Waals surface area contributed by atoms with E-state index in [1.54, 1.807) is 45.0 Å². The lowest BCUT2D eigenvalue weighted by atomic mass is 9.99. The SMILES string of the molecule is C=C(C=O)[C@@H]1Oc2ccc([C@@H](C)OC(=O)C(C)=CC)cc2[C@H]1OC(C)=O. The summed E-state index contributed by atoms with van der Waals surface area (Å²) in [6, 6.07) is 5.22. The molecule has 26 heavy (non-hydrogen) atoms. The molecule has 0 bridgehead atoms. The molecule has 0 N–H and O–H groups in total. The van der Waals surface area contributed by atoms with E-state index in [4.69, 9.17) is 14.2 Å². The van der Waals surface area contributed by atoms with Crippen molar-refractivity contribution in [3.63, 3.8) is 0 Å². The van der Waals surface area contributed by atoms with Crippen LogP contribution in [0.15, 0.2) is 42.0 Å².